The molecule has 78 valence electrons. The fraction of sp³-hybridized carbons (Fsp3) is 0.250. The molecular formula is C8H7N3O4. The third-order valence-electron chi connectivity index (χ3n) is 2.37. The van der Waals surface area contributed by atoms with Gasteiger partial charge in [-0.15, -0.1) is 10.2 Å². The van der Waals surface area contributed by atoms with Gasteiger partial charge in [-0.3, -0.25) is 0 Å². The Labute approximate surface area is 83.7 Å². The van der Waals surface area contributed by atoms with Crippen molar-refractivity contribution < 1.29 is 20.0 Å². The zero-order chi connectivity index (χ0) is 10.7. The first-order valence-corrected chi connectivity index (χ1v) is 4.20. The molecule has 0 fully saturated rings. The lowest BCUT2D eigenvalue weighted by Crippen LogP contribution is -2.47. The number of benzene rings is 1. The van der Waals surface area contributed by atoms with Gasteiger partial charge in [-0.05, 0) is 6.07 Å². The highest BCUT2D eigenvalue weighted by atomic mass is 17.3. The Balaban J connectivity index is 2.38. The molecule has 0 spiro atoms. The number of anilines is 1. The average Bonchev–Trinajstić information content (AvgIpc) is 2.22. The monoisotopic (exact) mass is 209 g/mol. The minimum atomic E-state index is -2.06. The second kappa shape index (κ2) is 2.34. The number of fused-ring (bicyclic) bond motifs is 1. The third kappa shape index (κ3) is 0.922. The molecule has 0 aliphatic carbocycles. The van der Waals surface area contributed by atoms with E-state index in [4.69, 9.17) is 5.73 Å². The van der Waals surface area contributed by atoms with Gasteiger partial charge in [-0.2, -0.15) is 9.78 Å². The van der Waals surface area contributed by atoms with Crippen molar-refractivity contribution in [1.29, 1.82) is 0 Å². The van der Waals surface area contributed by atoms with Gasteiger partial charge in [0.25, 0.3) is 0 Å². The van der Waals surface area contributed by atoms with Crippen LogP contribution in [-0.4, -0.2) is 10.2 Å². The van der Waals surface area contributed by atoms with Crippen LogP contribution in [-0.2, 0) is 21.6 Å². The van der Waals surface area contributed by atoms with E-state index in [2.05, 4.69) is 20.0 Å². The molecular weight excluding hydrogens is 202 g/mol. The number of azo groups is 1. The van der Waals surface area contributed by atoms with Gasteiger partial charge < -0.3 is 15.9 Å². The van der Waals surface area contributed by atoms with Gasteiger partial charge in [0.2, 0.25) is 0 Å². The fourth-order valence-corrected chi connectivity index (χ4v) is 1.68. The second-order valence-electron chi connectivity index (χ2n) is 3.35. The Bertz CT molecular complexity index is 477. The van der Waals surface area contributed by atoms with Crippen LogP contribution < -0.4 is 5.73 Å². The standard InChI is InChI=1S/C8H7N3O4/c9-5-3-1-2-4-6(5)8(13)11-10-7(4,12)14-15-8/h1-3,12-13H,9H2. The van der Waals surface area contributed by atoms with E-state index in [0.717, 1.165) is 0 Å². The Morgan fingerprint density at radius 1 is 1.13 bits per heavy atom. The zero-order valence-electron chi connectivity index (χ0n) is 7.41. The number of aliphatic hydroxyl groups is 2. The van der Waals surface area contributed by atoms with Crippen LogP contribution in [0.5, 0.6) is 0 Å². The Hall–Kier alpha value is -1.54. The molecule has 2 unspecified atom stereocenters. The number of nitrogens with two attached hydrogens (primary N) is 1. The summed E-state index contributed by atoms with van der Waals surface area (Å²) >= 11 is 0. The highest BCUT2D eigenvalue weighted by molar-refractivity contribution is 5.55. The van der Waals surface area contributed by atoms with E-state index in [1.54, 1.807) is 12.1 Å². The number of nitrogen functional groups attached to an aromatic ring is 1. The fourth-order valence-electron chi connectivity index (χ4n) is 1.68. The summed E-state index contributed by atoms with van der Waals surface area (Å²) in [7, 11) is 0. The van der Waals surface area contributed by atoms with Crippen molar-refractivity contribution in [3.05, 3.63) is 29.3 Å². The molecule has 1 aromatic rings. The number of hydrogen-bond acceptors (Lipinski definition) is 7. The van der Waals surface area contributed by atoms with Gasteiger partial charge in [-0.25, -0.2) is 0 Å². The van der Waals surface area contributed by atoms with Crippen LogP contribution in [0.2, 0.25) is 0 Å². The normalized spacial score (nSPS) is 36.7. The average molecular weight is 209 g/mol. The predicted molar refractivity (Wildman–Crippen MR) is 45.7 cm³/mol. The molecule has 7 heteroatoms. The topological polar surface area (TPSA) is 110 Å². The van der Waals surface area contributed by atoms with Crippen molar-refractivity contribution in [2.45, 2.75) is 11.8 Å². The van der Waals surface area contributed by atoms with Crippen molar-refractivity contribution in [2.24, 2.45) is 10.2 Å². The molecule has 7 nitrogen and oxygen atoms in total. The minimum absolute atomic E-state index is 0.161. The summed E-state index contributed by atoms with van der Waals surface area (Å²) in [5.74, 6) is -4.08. The van der Waals surface area contributed by atoms with E-state index >= 15 is 0 Å². The van der Waals surface area contributed by atoms with E-state index < -0.39 is 11.8 Å². The van der Waals surface area contributed by atoms with Gasteiger partial charge in [-0.1, -0.05) is 12.1 Å². The molecule has 0 aromatic heterocycles. The Morgan fingerprint density at radius 2 is 1.80 bits per heavy atom. The maximum Gasteiger partial charge on any atom is 0.344 e. The molecule has 0 saturated carbocycles. The predicted octanol–water partition coefficient (Wildman–Crippen LogP) is -0.0984. The SMILES string of the molecule is Nc1cccc2c1C1(O)N=NC2(O)OO1. The van der Waals surface area contributed by atoms with Crippen LogP contribution in [0.1, 0.15) is 11.1 Å². The van der Waals surface area contributed by atoms with E-state index in [1.165, 1.54) is 6.07 Å². The lowest BCUT2D eigenvalue weighted by Gasteiger charge is -2.39. The molecule has 3 aliphatic rings. The van der Waals surface area contributed by atoms with Crippen molar-refractivity contribution in [1.82, 2.24) is 0 Å². The van der Waals surface area contributed by atoms with Gasteiger partial charge in [0.05, 0.1) is 11.1 Å². The summed E-state index contributed by atoms with van der Waals surface area (Å²) in [5.41, 5.74) is 6.30. The highest BCUT2D eigenvalue weighted by Crippen LogP contribution is 2.48. The molecule has 1 aromatic carbocycles. The quantitative estimate of drug-likeness (QED) is 0.408. The molecule has 2 atom stereocenters. The maximum atomic E-state index is 9.87. The van der Waals surface area contributed by atoms with Crippen molar-refractivity contribution in [3.63, 3.8) is 0 Å². The van der Waals surface area contributed by atoms with Crippen molar-refractivity contribution in [2.75, 3.05) is 5.73 Å². The summed E-state index contributed by atoms with van der Waals surface area (Å²) in [6.07, 6.45) is 0. The Kier molecular flexibility index (Phi) is 1.36. The highest BCUT2D eigenvalue weighted by Gasteiger charge is 2.55. The molecule has 15 heavy (non-hydrogen) atoms. The van der Waals surface area contributed by atoms with Crippen LogP contribution in [0.25, 0.3) is 0 Å². The van der Waals surface area contributed by atoms with Crippen molar-refractivity contribution in [3.8, 4) is 0 Å². The van der Waals surface area contributed by atoms with Crippen LogP contribution in [0.3, 0.4) is 0 Å². The molecule has 4 rings (SSSR count). The molecule has 4 N–H and O–H groups in total. The molecule has 3 aliphatic heterocycles. The summed E-state index contributed by atoms with van der Waals surface area (Å²) in [6.45, 7) is 0. The van der Waals surface area contributed by atoms with Gasteiger partial charge in [0.15, 0.2) is 0 Å². The zero-order valence-corrected chi connectivity index (χ0v) is 7.41. The lowest BCUT2D eigenvalue weighted by atomic mass is 9.98. The summed E-state index contributed by atoms with van der Waals surface area (Å²) in [5, 5.41) is 26.5. The maximum absolute atomic E-state index is 9.87. The molecule has 0 saturated heterocycles. The Morgan fingerprint density at radius 3 is 2.40 bits per heavy atom. The van der Waals surface area contributed by atoms with E-state index in [1.807, 2.05) is 0 Å². The smallest absolute Gasteiger partial charge is 0.344 e. The summed E-state index contributed by atoms with van der Waals surface area (Å²) in [4.78, 5) is 9.08. The number of nitrogens with zero attached hydrogens (tertiary/aromatic N) is 2. The second-order valence-corrected chi connectivity index (χ2v) is 3.35. The molecule has 3 heterocycles. The van der Waals surface area contributed by atoms with Crippen LogP contribution >= 0.6 is 0 Å². The molecule has 0 amide bonds. The van der Waals surface area contributed by atoms with Gasteiger partial charge in [0, 0.05) is 5.69 Å². The summed E-state index contributed by atoms with van der Waals surface area (Å²) < 4.78 is 0. The summed E-state index contributed by atoms with van der Waals surface area (Å²) in [6, 6.07) is 4.69. The molecule has 2 bridgehead atoms. The largest absolute Gasteiger partial charge is 0.398 e. The van der Waals surface area contributed by atoms with E-state index in [9.17, 15) is 10.2 Å². The van der Waals surface area contributed by atoms with E-state index in [-0.39, 0.29) is 16.8 Å². The van der Waals surface area contributed by atoms with E-state index in [0.29, 0.717) is 0 Å². The van der Waals surface area contributed by atoms with Gasteiger partial charge in [0.1, 0.15) is 0 Å². The molecule has 0 radical (unpaired) electrons. The van der Waals surface area contributed by atoms with Crippen molar-refractivity contribution >= 4 is 5.69 Å². The number of rotatable bonds is 0. The van der Waals surface area contributed by atoms with Crippen LogP contribution in [0.15, 0.2) is 28.4 Å². The first kappa shape index (κ1) is 8.74. The minimum Gasteiger partial charge on any atom is -0.398 e. The van der Waals surface area contributed by atoms with Crippen LogP contribution in [0, 0.1) is 0 Å². The van der Waals surface area contributed by atoms with Crippen LogP contribution in [0.4, 0.5) is 5.69 Å². The lowest BCUT2D eigenvalue weighted by molar-refractivity contribution is -0.536. The first-order chi connectivity index (χ1) is 7.05. The third-order valence-corrected chi connectivity index (χ3v) is 2.37. The van der Waals surface area contributed by atoms with Gasteiger partial charge >= 0.3 is 11.8 Å². The number of hydrogen-bond donors (Lipinski definition) is 3. The first-order valence-electron chi connectivity index (χ1n) is 4.20.